The van der Waals surface area contributed by atoms with E-state index < -0.39 is 0 Å². The van der Waals surface area contributed by atoms with Crippen molar-refractivity contribution in [3.8, 4) is 0 Å². The number of nitrogens with zero attached hydrogens (tertiary/aromatic N) is 2. The van der Waals surface area contributed by atoms with Crippen LogP contribution in [0.15, 0.2) is 138 Å². The summed E-state index contributed by atoms with van der Waals surface area (Å²) in [4.78, 5) is 6.89. The minimum absolute atomic E-state index is 0.789. The molecule has 3 aromatic rings. The van der Waals surface area contributed by atoms with Crippen LogP contribution in [0.25, 0.3) is 11.1 Å². The maximum Gasteiger partial charge on any atom is 0.0574 e. The molecule has 0 bridgehead atoms. The molecule has 0 N–H and O–H groups in total. The molecular weight excluding hydrogens is 448 g/mol. The van der Waals surface area contributed by atoms with E-state index in [0.29, 0.717) is 0 Å². The third-order valence-electron chi connectivity index (χ3n) is 6.52. The van der Waals surface area contributed by atoms with Crippen molar-refractivity contribution >= 4 is 22.5 Å². The lowest BCUT2D eigenvalue weighted by atomic mass is 9.94. The first-order valence-electron chi connectivity index (χ1n) is 13.2. The van der Waals surface area contributed by atoms with Crippen molar-refractivity contribution < 1.29 is 0 Å². The summed E-state index contributed by atoms with van der Waals surface area (Å²) >= 11 is 0. The van der Waals surface area contributed by atoms with Crippen LogP contribution < -0.4 is 4.90 Å². The Bertz CT molecular complexity index is 1310. The van der Waals surface area contributed by atoms with Crippen molar-refractivity contribution in [2.45, 2.75) is 20.8 Å². The molecule has 2 heteroatoms. The van der Waals surface area contributed by atoms with Crippen LogP contribution in [0, 0.1) is 0 Å². The lowest BCUT2D eigenvalue weighted by Crippen LogP contribution is -2.21. The molecule has 0 saturated carbocycles. The highest BCUT2D eigenvalue weighted by molar-refractivity contribution is 6.07. The average molecular weight is 485 g/mol. The van der Waals surface area contributed by atoms with Crippen LogP contribution in [0.5, 0.6) is 0 Å². The fourth-order valence-electron chi connectivity index (χ4n) is 4.56. The Hall–Kier alpha value is -4.17. The molecule has 4 rings (SSSR count). The van der Waals surface area contributed by atoms with Gasteiger partial charge >= 0.3 is 0 Å². The predicted octanol–water partition coefficient (Wildman–Crippen LogP) is 8.56. The normalized spacial score (nSPS) is 13.3. The number of anilines is 1. The molecular formula is C35H36N2. The van der Waals surface area contributed by atoms with Gasteiger partial charge in [0, 0.05) is 25.3 Å². The van der Waals surface area contributed by atoms with Crippen LogP contribution in [-0.4, -0.2) is 25.3 Å². The Morgan fingerprint density at radius 1 is 0.676 bits per heavy atom. The second-order valence-corrected chi connectivity index (χ2v) is 8.83. The van der Waals surface area contributed by atoms with E-state index in [9.17, 15) is 0 Å². The molecule has 3 aromatic carbocycles. The maximum absolute atomic E-state index is 4.52. The number of benzene rings is 3. The van der Waals surface area contributed by atoms with Crippen molar-refractivity contribution in [2.24, 2.45) is 4.99 Å². The molecule has 0 atom stereocenters. The quantitative estimate of drug-likeness (QED) is 0.278. The third kappa shape index (κ3) is 6.74. The molecule has 0 fully saturated rings. The summed E-state index contributed by atoms with van der Waals surface area (Å²) in [6, 6.07) is 30.1. The monoisotopic (exact) mass is 484 g/mol. The SMILES string of the molecule is CCN=C1C=CC(=C(/C=C/C=C(\c2ccccc2)c2ccc(N(CC)CC)cc2)c2ccccc2)C=C1. The molecule has 0 unspecified atom stereocenters. The smallest absolute Gasteiger partial charge is 0.0574 e. The largest absolute Gasteiger partial charge is 0.372 e. The molecule has 0 spiro atoms. The maximum atomic E-state index is 4.52. The Kier molecular flexibility index (Phi) is 9.26. The first-order chi connectivity index (χ1) is 18.2. The molecule has 1 aliphatic carbocycles. The van der Waals surface area contributed by atoms with Gasteiger partial charge in [0.05, 0.1) is 5.71 Å². The Labute approximate surface area is 222 Å². The molecule has 0 heterocycles. The zero-order chi connectivity index (χ0) is 25.9. The van der Waals surface area contributed by atoms with Crippen LogP contribution in [-0.2, 0) is 0 Å². The van der Waals surface area contributed by atoms with Gasteiger partial charge in [-0.2, -0.15) is 0 Å². The minimum atomic E-state index is 0.789. The zero-order valence-corrected chi connectivity index (χ0v) is 22.1. The van der Waals surface area contributed by atoms with E-state index in [2.05, 4.69) is 158 Å². The summed E-state index contributed by atoms with van der Waals surface area (Å²) in [5.74, 6) is 0. The fourth-order valence-corrected chi connectivity index (χ4v) is 4.56. The van der Waals surface area contributed by atoms with Gasteiger partial charge in [0.1, 0.15) is 0 Å². The van der Waals surface area contributed by atoms with Crippen molar-refractivity contribution in [3.05, 3.63) is 150 Å². The first kappa shape index (κ1) is 25.9. The average Bonchev–Trinajstić information content (AvgIpc) is 2.96. The number of hydrogen-bond acceptors (Lipinski definition) is 2. The van der Waals surface area contributed by atoms with Gasteiger partial charge in [-0.15, -0.1) is 0 Å². The van der Waals surface area contributed by atoms with Crippen molar-refractivity contribution in [2.75, 3.05) is 24.5 Å². The number of hydrogen-bond donors (Lipinski definition) is 0. The minimum Gasteiger partial charge on any atom is -0.372 e. The first-order valence-corrected chi connectivity index (χ1v) is 13.2. The fraction of sp³-hybridized carbons (Fsp3) is 0.171. The topological polar surface area (TPSA) is 15.6 Å². The molecule has 0 amide bonds. The summed E-state index contributed by atoms with van der Waals surface area (Å²) in [6.07, 6.45) is 15.1. The van der Waals surface area contributed by atoms with E-state index in [1.807, 2.05) is 0 Å². The number of aliphatic imine (C=N–C) groups is 1. The molecule has 0 aromatic heterocycles. The summed E-state index contributed by atoms with van der Waals surface area (Å²) < 4.78 is 0. The summed E-state index contributed by atoms with van der Waals surface area (Å²) in [5, 5.41) is 0. The van der Waals surface area contributed by atoms with Gasteiger partial charge in [0.15, 0.2) is 0 Å². The van der Waals surface area contributed by atoms with Gasteiger partial charge in [0.2, 0.25) is 0 Å². The number of allylic oxidation sites excluding steroid dienone is 9. The highest BCUT2D eigenvalue weighted by Gasteiger charge is 2.08. The Balaban J connectivity index is 1.73. The summed E-state index contributed by atoms with van der Waals surface area (Å²) in [6.45, 7) is 9.26. The van der Waals surface area contributed by atoms with Gasteiger partial charge in [0.25, 0.3) is 0 Å². The van der Waals surface area contributed by atoms with Gasteiger partial charge < -0.3 is 4.90 Å². The second-order valence-electron chi connectivity index (χ2n) is 8.83. The highest BCUT2D eigenvalue weighted by atomic mass is 15.1. The lowest BCUT2D eigenvalue weighted by Gasteiger charge is -2.21. The molecule has 2 nitrogen and oxygen atoms in total. The molecule has 0 radical (unpaired) electrons. The van der Waals surface area contributed by atoms with E-state index in [-0.39, 0.29) is 0 Å². The predicted molar refractivity (Wildman–Crippen MR) is 162 cm³/mol. The molecule has 0 saturated heterocycles. The summed E-state index contributed by atoms with van der Waals surface area (Å²) in [5.41, 5.74) is 9.44. The molecule has 0 aliphatic heterocycles. The van der Waals surface area contributed by atoms with Crippen LogP contribution in [0.2, 0.25) is 0 Å². The van der Waals surface area contributed by atoms with Crippen LogP contribution in [0.3, 0.4) is 0 Å². The van der Waals surface area contributed by atoms with E-state index in [1.165, 1.54) is 39.1 Å². The number of rotatable bonds is 9. The van der Waals surface area contributed by atoms with Gasteiger partial charge in [-0.05, 0) is 78.5 Å². The second kappa shape index (κ2) is 13.2. The van der Waals surface area contributed by atoms with E-state index >= 15 is 0 Å². The Morgan fingerprint density at radius 3 is 1.81 bits per heavy atom. The standard InChI is InChI=1S/C35H36N2/c1-4-36-32-24-20-30(21-25-32)34(28-14-9-7-10-15-28)18-13-19-35(29-16-11-8-12-17-29)31-22-26-33(27-23-31)37(5-2)6-3/h7-27H,4-6H2,1-3H3/b18-13+,34-30?,35-19+,36-32?. The van der Waals surface area contributed by atoms with Gasteiger partial charge in [-0.1, -0.05) is 103 Å². The van der Waals surface area contributed by atoms with E-state index in [0.717, 1.165) is 25.3 Å². The van der Waals surface area contributed by atoms with Crippen molar-refractivity contribution in [3.63, 3.8) is 0 Å². The molecule has 186 valence electrons. The third-order valence-corrected chi connectivity index (χ3v) is 6.52. The van der Waals surface area contributed by atoms with Crippen molar-refractivity contribution in [1.82, 2.24) is 0 Å². The van der Waals surface area contributed by atoms with Gasteiger partial charge in [-0.3, -0.25) is 4.99 Å². The molecule has 1 aliphatic rings. The van der Waals surface area contributed by atoms with Crippen LogP contribution in [0.1, 0.15) is 37.5 Å². The van der Waals surface area contributed by atoms with Crippen LogP contribution in [0.4, 0.5) is 5.69 Å². The van der Waals surface area contributed by atoms with Crippen molar-refractivity contribution in [1.29, 1.82) is 0 Å². The molecule has 37 heavy (non-hydrogen) atoms. The van der Waals surface area contributed by atoms with Gasteiger partial charge in [-0.25, -0.2) is 0 Å². The Morgan fingerprint density at radius 2 is 1.24 bits per heavy atom. The summed E-state index contributed by atoms with van der Waals surface area (Å²) in [7, 11) is 0. The van der Waals surface area contributed by atoms with E-state index in [1.54, 1.807) is 0 Å². The zero-order valence-electron chi connectivity index (χ0n) is 22.1. The highest BCUT2D eigenvalue weighted by Crippen LogP contribution is 2.28. The van der Waals surface area contributed by atoms with Crippen LogP contribution >= 0.6 is 0 Å². The lowest BCUT2D eigenvalue weighted by molar-refractivity contribution is 0.866. The van der Waals surface area contributed by atoms with E-state index in [4.69, 9.17) is 0 Å².